The Balaban J connectivity index is 1.85. The van der Waals surface area contributed by atoms with Crippen molar-refractivity contribution in [3.63, 3.8) is 0 Å². The van der Waals surface area contributed by atoms with Crippen molar-refractivity contribution >= 4 is 11.6 Å². The Morgan fingerprint density at radius 3 is 2.69 bits per heavy atom. The molecule has 1 unspecified atom stereocenters. The van der Waals surface area contributed by atoms with Crippen molar-refractivity contribution in [1.82, 2.24) is 4.90 Å². The topological polar surface area (TPSA) is 71.4 Å². The molecule has 2 rings (SSSR count). The quantitative estimate of drug-likeness (QED) is 0.500. The molecule has 0 aliphatic carbocycles. The maximum Gasteiger partial charge on any atom is 0.254 e. The van der Waals surface area contributed by atoms with Crippen molar-refractivity contribution in [2.24, 2.45) is 5.16 Å². The summed E-state index contributed by atoms with van der Waals surface area (Å²) in [7, 11) is 0. The van der Waals surface area contributed by atoms with Crippen molar-refractivity contribution in [2.45, 2.75) is 18.9 Å². The number of rotatable bonds is 1. The van der Waals surface area contributed by atoms with Gasteiger partial charge in [0, 0.05) is 25.9 Å². The molecule has 6 nitrogen and oxygen atoms in total. The van der Waals surface area contributed by atoms with Crippen LogP contribution in [-0.4, -0.2) is 60.7 Å². The van der Waals surface area contributed by atoms with Gasteiger partial charge in [-0.05, 0) is 0 Å². The SMILES string of the molecule is O=C(C1COCCO1)N1CCC(=NO)CC1. The third-order valence-corrected chi connectivity index (χ3v) is 2.89. The van der Waals surface area contributed by atoms with E-state index in [1.54, 1.807) is 4.90 Å². The lowest BCUT2D eigenvalue weighted by atomic mass is 10.1. The Bertz CT molecular complexity index is 277. The number of hydrogen-bond acceptors (Lipinski definition) is 5. The standard InChI is InChI=1S/C10H16N2O4/c13-10(9-7-15-5-6-16-9)12-3-1-8(11-14)2-4-12/h9,14H,1-7H2. The summed E-state index contributed by atoms with van der Waals surface area (Å²) in [6, 6.07) is 0. The number of oxime groups is 1. The van der Waals surface area contributed by atoms with Gasteiger partial charge in [-0.3, -0.25) is 4.79 Å². The third kappa shape index (κ3) is 2.51. The molecular weight excluding hydrogens is 212 g/mol. The lowest BCUT2D eigenvalue weighted by Crippen LogP contribution is -2.48. The highest BCUT2D eigenvalue weighted by atomic mass is 16.6. The fraction of sp³-hybridized carbons (Fsp3) is 0.800. The number of nitrogens with zero attached hydrogens (tertiary/aromatic N) is 2. The first-order chi connectivity index (χ1) is 7.81. The second-order valence-corrected chi connectivity index (χ2v) is 3.93. The highest BCUT2D eigenvalue weighted by Gasteiger charge is 2.29. The van der Waals surface area contributed by atoms with Crippen LogP contribution in [0, 0.1) is 0 Å². The maximum absolute atomic E-state index is 12.0. The van der Waals surface area contributed by atoms with E-state index in [1.165, 1.54) is 0 Å². The Labute approximate surface area is 93.8 Å². The molecule has 2 saturated heterocycles. The third-order valence-electron chi connectivity index (χ3n) is 2.89. The van der Waals surface area contributed by atoms with Crippen LogP contribution in [0.5, 0.6) is 0 Å². The van der Waals surface area contributed by atoms with Crippen molar-refractivity contribution in [2.75, 3.05) is 32.9 Å². The average molecular weight is 228 g/mol. The minimum absolute atomic E-state index is 0.0170. The molecule has 0 aromatic heterocycles. The van der Waals surface area contributed by atoms with E-state index >= 15 is 0 Å². The Morgan fingerprint density at radius 1 is 1.38 bits per heavy atom. The molecule has 0 radical (unpaired) electrons. The van der Waals surface area contributed by atoms with E-state index in [0.29, 0.717) is 45.8 Å². The molecule has 90 valence electrons. The molecule has 6 heteroatoms. The van der Waals surface area contributed by atoms with Crippen molar-refractivity contribution in [3.05, 3.63) is 0 Å². The molecule has 0 bridgehead atoms. The summed E-state index contributed by atoms with van der Waals surface area (Å²) in [6.45, 7) is 2.57. The van der Waals surface area contributed by atoms with Gasteiger partial charge in [0.1, 0.15) is 0 Å². The predicted molar refractivity (Wildman–Crippen MR) is 55.6 cm³/mol. The summed E-state index contributed by atoms with van der Waals surface area (Å²) in [6.07, 6.45) is 0.812. The van der Waals surface area contributed by atoms with Crippen LogP contribution in [-0.2, 0) is 14.3 Å². The fourth-order valence-corrected chi connectivity index (χ4v) is 1.92. The molecule has 1 amide bonds. The molecule has 0 spiro atoms. The Kier molecular flexibility index (Phi) is 3.74. The molecule has 2 fully saturated rings. The van der Waals surface area contributed by atoms with Gasteiger partial charge in [-0.2, -0.15) is 0 Å². The lowest BCUT2D eigenvalue weighted by molar-refractivity contribution is -0.158. The van der Waals surface area contributed by atoms with Gasteiger partial charge in [0.05, 0.1) is 25.5 Å². The summed E-state index contributed by atoms with van der Waals surface area (Å²) in [5.41, 5.74) is 0.755. The van der Waals surface area contributed by atoms with Crippen LogP contribution in [0.25, 0.3) is 0 Å². The summed E-state index contributed by atoms with van der Waals surface area (Å²) >= 11 is 0. The van der Waals surface area contributed by atoms with E-state index in [9.17, 15) is 4.79 Å². The Morgan fingerprint density at radius 2 is 2.12 bits per heavy atom. The molecular formula is C10H16N2O4. The van der Waals surface area contributed by atoms with E-state index in [2.05, 4.69) is 5.16 Å². The first-order valence-electron chi connectivity index (χ1n) is 5.49. The first-order valence-corrected chi connectivity index (χ1v) is 5.49. The molecule has 0 aromatic carbocycles. The summed E-state index contributed by atoms with van der Waals surface area (Å²) in [5, 5.41) is 11.8. The second-order valence-electron chi connectivity index (χ2n) is 3.93. The monoisotopic (exact) mass is 228 g/mol. The second kappa shape index (κ2) is 5.27. The molecule has 1 N–H and O–H groups in total. The van der Waals surface area contributed by atoms with Gasteiger partial charge in [-0.1, -0.05) is 5.16 Å². The molecule has 2 heterocycles. The van der Waals surface area contributed by atoms with Crippen LogP contribution in [0.15, 0.2) is 5.16 Å². The van der Waals surface area contributed by atoms with E-state index < -0.39 is 6.10 Å². The number of hydrogen-bond donors (Lipinski definition) is 1. The number of carbonyl (C=O) groups excluding carboxylic acids is 1. The van der Waals surface area contributed by atoms with Crippen molar-refractivity contribution < 1.29 is 19.5 Å². The Hall–Kier alpha value is -1.14. The normalized spacial score (nSPS) is 26.6. The highest BCUT2D eigenvalue weighted by molar-refractivity contribution is 5.88. The zero-order valence-corrected chi connectivity index (χ0v) is 9.09. The van der Waals surface area contributed by atoms with Gasteiger partial charge in [-0.15, -0.1) is 0 Å². The molecule has 2 aliphatic rings. The van der Waals surface area contributed by atoms with E-state index in [4.69, 9.17) is 14.7 Å². The van der Waals surface area contributed by atoms with Crippen LogP contribution in [0.1, 0.15) is 12.8 Å². The van der Waals surface area contributed by atoms with Crippen LogP contribution in [0.3, 0.4) is 0 Å². The highest BCUT2D eigenvalue weighted by Crippen LogP contribution is 2.11. The fourth-order valence-electron chi connectivity index (χ4n) is 1.92. The largest absolute Gasteiger partial charge is 0.411 e. The molecule has 0 aromatic rings. The van der Waals surface area contributed by atoms with Crippen molar-refractivity contribution in [3.8, 4) is 0 Å². The van der Waals surface area contributed by atoms with Crippen LogP contribution in [0.2, 0.25) is 0 Å². The maximum atomic E-state index is 12.0. The van der Waals surface area contributed by atoms with Gasteiger partial charge in [0.2, 0.25) is 0 Å². The van der Waals surface area contributed by atoms with E-state index in [0.717, 1.165) is 5.71 Å². The minimum Gasteiger partial charge on any atom is -0.411 e. The van der Waals surface area contributed by atoms with Crippen molar-refractivity contribution in [1.29, 1.82) is 0 Å². The van der Waals surface area contributed by atoms with Gasteiger partial charge in [-0.25, -0.2) is 0 Å². The zero-order valence-electron chi connectivity index (χ0n) is 9.09. The van der Waals surface area contributed by atoms with Gasteiger partial charge in [0.15, 0.2) is 6.10 Å². The zero-order chi connectivity index (χ0) is 11.4. The van der Waals surface area contributed by atoms with E-state index in [-0.39, 0.29) is 5.91 Å². The van der Waals surface area contributed by atoms with Crippen LogP contribution >= 0.6 is 0 Å². The van der Waals surface area contributed by atoms with Crippen LogP contribution < -0.4 is 0 Å². The summed E-state index contributed by atoms with van der Waals surface area (Å²) in [5.74, 6) is -0.0170. The molecule has 0 saturated carbocycles. The number of carbonyl (C=O) groups is 1. The minimum atomic E-state index is -0.457. The van der Waals surface area contributed by atoms with Crippen LogP contribution in [0.4, 0.5) is 0 Å². The predicted octanol–water partition coefficient (Wildman–Crippen LogP) is -0.146. The number of amides is 1. The first kappa shape index (κ1) is 11.3. The van der Waals surface area contributed by atoms with Gasteiger partial charge < -0.3 is 19.6 Å². The van der Waals surface area contributed by atoms with Gasteiger partial charge in [0.25, 0.3) is 5.91 Å². The lowest BCUT2D eigenvalue weighted by Gasteiger charge is -2.31. The number of piperidine rings is 1. The summed E-state index contributed by atoms with van der Waals surface area (Å²) < 4.78 is 10.6. The summed E-state index contributed by atoms with van der Waals surface area (Å²) in [4.78, 5) is 13.7. The number of likely N-dealkylation sites (tertiary alicyclic amines) is 1. The smallest absolute Gasteiger partial charge is 0.254 e. The van der Waals surface area contributed by atoms with Gasteiger partial charge >= 0.3 is 0 Å². The molecule has 16 heavy (non-hydrogen) atoms. The number of ether oxygens (including phenoxy) is 2. The average Bonchev–Trinajstić information content (AvgIpc) is 2.39. The molecule has 1 atom stereocenters. The van der Waals surface area contributed by atoms with E-state index in [1.807, 2.05) is 0 Å². The molecule has 2 aliphatic heterocycles.